The Kier molecular flexibility index (Phi) is 6.70. The van der Waals surface area contributed by atoms with Crippen LogP contribution < -0.4 is 5.56 Å². The van der Waals surface area contributed by atoms with E-state index in [1.807, 2.05) is 0 Å². The molecule has 0 spiro atoms. The van der Waals surface area contributed by atoms with Crippen molar-refractivity contribution in [2.75, 3.05) is 26.2 Å². The highest BCUT2D eigenvalue weighted by molar-refractivity contribution is 7.89. The van der Waals surface area contributed by atoms with E-state index in [4.69, 9.17) is 23.2 Å². The van der Waals surface area contributed by atoms with Gasteiger partial charge >= 0.3 is 6.18 Å². The molecule has 0 atom stereocenters. The van der Waals surface area contributed by atoms with E-state index in [0.29, 0.717) is 16.8 Å². The summed E-state index contributed by atoms with van der Waals surface area (Å²) >= 11 is 11.9. The highest BCUT2D eigenvalue weighted by atomic mass is 35.5. The molecule has 13 heteroatoms. The Balaban J connectivity index is 1.69. The quantitative estimate of drug-likeness (QED) is 0.650. The molecule has 0 aliphatic carbocycles. The summed E-state index contributed by atoms with van der Waals surface area (Å²) in [6.07, 6.45) is -4.07. The number of nitrogens with zero attached hydrogens (tertiary/aromatic N) is 3. The number of halogens is 5. The maximum absolute atomic E-state index is 12.8. The maximum atomic E-state index is 12.8. The van der Waals surface area contributed by atoms with Crippen molar-refractivity contribution in [3.05, 3.63) is 62.5 Å². The summed E-state index contributed by atoms with van der Waals surface area (Å²) in [6, 6.07) is 5.62. The van der Waals surface area contributed by atoms with Crippen LogP contribution >= 0.6 is 23.2 Å². The van der Waals surface area contributed by atoms with E-state index in [-0.39, 0.29) is 41.1 Å². The summed E-state index contributed by atoms with van der Waals surface area (Å²) in [5.74, 6) is -0.598. The van der Waals surface area contributed by atoms with Gasteiger partial charge in [0.05, 0.1) is 15.6 Å². The van der Waals surface area contributed by atoms with E-state index < -0.39 is 39.8 Å². The van der Waals surface area contributed by atoms with Crippen LogP contribution in [0.5, 0.6) is 0 Å². The molecular weight excluding hydrogens is 482 g/mol. The van der Waals surface area contributed by atoms with Crippen LogP contribution in [0.1, 0.15) is 5.56 Å². The molecule has 1 aromatic heterocycles. The fourth-order valence-electron chi connectivity index (χ4n) is 3.07. The van der Waals surface area contributed by atoms with Gasteiger partial charge in [0.2, 0.25) is 15.9 Å². The summed E-state index contributed by atoms with van der Waals surface area (Å²) in [5.41, 5.74) is -1.80. The maximum Gasteiger partial charge on any atom is 0.417 e. The van der Waals surface area contributed by atoms with Crippen molar-refractivity contribution < 1.29 is 26.4 Å². The van der Waals surface area contributed by atoms with E-state index in [0.717, 1.165) is 10.4 Å². The summed E-state index contributed by atoms with van der Waals surface area (Å²) in [6.45, 7) is -0.674. The van der Waals surface area contributed by atoms with E-state index >= 15 is 0 Å². The van der Waals surface area contributed by atoms with Gasteiger partial charge in [-0.05, 0) is 18.2 Å². The van der Waals surface area contributed by atoms with E-state index in [1.165, 1.54) is 23.1 Å². The molecule has 1 amide bonds. The van der Waals surface area contributed by atoms with Crippen molar-refractivity contribution in [2.24, 2.45) is 0 Å². The zero-order valence-electron chi connectivity index (χ0n) is 15.8. The Morgan fingerprint density at radius 3 is 2.29 bits per heavy atom. The molecule has 0 saturated carbocycles. The van der Waals surface area contributed by atoms with Crippen LogP contribution in [0.15, 0.2) is 46.2 Å². The number of hydrogen-bond acceptors (Lipinski definition) is 4. The Hall–Kier alpha value is -2.08. The first-order valence-electron chi connectivity index (χ1n) is 8.91. The molecule has 31 heavy (non-hydrogen) atoms. The largest absolute Gasteiger partial charge is 0.417 e. The summed E-state index contributed by atoms with van der Waals surface area (Å²) in [5, 5.41) is -0.0188. The number of hydrogen-bond donors (Lipinski definition) is 0. The van der Waals surface area contributed by atoms with Gasteiger partial charge in [0.15, 0.2) is 0 Å². The van der Waals surface area contributed by atoms with E-state index in [2.05, 4.69) is 0 Å². The molecule has 0 unspecified atom stereocenters. The van der Waals surface area contributed by atoms with Crippen LogP contribution in [0, 0.1) is 0 Å². The second-order valence-electron chi connectivity index (χ2n) is 6.72. The van der Waals surface area contributed by atoms with E-state index in [9.17, 15) is 31.2 Å². The number of rotatable bonds is 4. The van der Waals surface area contributed by atoms with Crippen molar-refractivity contribution in [3.63, 3.8) is 0 Å². The SMILES string of the molecule is O=C(Cn1cc(C(F)(F)F)ccc1=O)N1CCN(S(=O)(=O)c2cccc(Cl)c2Cl)CC1. The van der Waals surface area contributed by atoms with Gasteiger partial charge in [0, 0.05) is 38.4 Å². The van der Waals surface area contributed by atoms with Gasteiger partial charge in [-0.1, -0.05) is 29.3 Å². The molecule has 1 aliphatic rings. The molecule has 1 aliphatic heterocycles. The van der Waals surface area contributed by atoms with Gasteiger partial charge < -0.3 is 9.47 Å². The average molecular weight is 498 g/mol. The minimum atomic E-state index is -4.65. The zero-order valence-corrected chi connectivity index (χ0v) is 18.1. The van der Waals surface area contributed by atoms with Gasteiger partial charge in [-0.15, -0.1) is 0 Å². The molecule has 2 heterocycles. The third-order valence-electron chi connectivity index (χ3n) is 4.74. The first-order chi connectivity index (χ1) is 14.4. The Labute approximate surface area is 185 Å². The molecule has 7 nitrogen and oxygen atoms in total. The van der Waals surface area contributed by atoms with Crippen molar-refractivity contribution in [2.45, 2.75) is 17.6 Å². The fourth-order valence-corrected chi connectivity index (χ4v) is 5.23. The lowest BCUT2D eigenvalue weighted by molar-refractivity contribution is -0.139. The van der Waals surface area contributed by atoms with Crippen LogP contribution in [0.3, 0.4) is 0 Å². The first-order valence-corrected chi connectivity index (χ1v) is 11.1. The predicted molar refractivity (Wildman–Crippen MR) is 108 cm³/mol. The zero-order chi connectivity index (χ0) is 23.0. The number of pyridine rings is 1. The molecule has 1 fully saturated rings. The molecular formula is C18H16Cl2F3N3O4S. The van der Waals surface area contributed by atoms with E-state index in [1.54, 1.807) is 0 Å². The smallest absolute Gasteiger partial charge is 0.339 e. The van der Waals surface area contributed by atoms with Gasteiger partial charge in [-0.25, -0.2) is 8.42 Å². The summed E-state index contributed by atoms with van der Waals surface area (Å²) in [7, 11) is -3.95. The van der Waals surface area contributed by atoms with Gasteiger partial charge in [-0.2, -0.15) is 17.5 Å². The molecule has 1 aromatic carbocycles. The minimum Gasteiger partial charge on any atom is -0.339 e. The predicted octanol–water partition coefficient (Wildman–Crippen LogP) is 2.71. The lowest BCUT2D eigenvalue weighted by atomic mass is 10.2. The molecule has 0 N–H and O–H groups in total. The average Bonchev–Trinajstić information content (AvgIpc) is 2.70. The van der Waals surface area contributed by atoms with Crippen LogP contribution in [0.2, 0.25) is 10.0 Å². The number of alkyl halides is 3. The van der Waals surface area contributed by atoms with Gasteiger partial charge in [0.1, 0.15) is 11.4 Å². The Morgan fingerprint density at radius 1 is 1.03 bits per heavy atom. The number of amides is 1. The number of sulfonamides is 1. The lowest BCUT2D eigenvalue weighted by Crippen LogP contribution is -2.51. The number of piperazine rings is 1. The van der Waals surface area contributed by atoms with Crippen molar-refractivity contribution in [3.8, 4) is 0 Å². The standard InChI is InChI=1S/C18H16Cl2F3N3O4S/c19-13-2-1-3-14(17(13)20)31(29,30)26-8-6-24(7-9-26)16(28)11-25-10-12(18(21,22)23)4-5-15(25)27/h1-5,10H,6-9,11H2. The monoisotopic (exact) mass is 497 g/mol. The highest BCUT2D eigenvalue weighted by Crippen LogP contribution is 2.31. The van der Waals surface area contributed by atoms with Crippen molar-refractivity contribution >= 4 is 39.1 Å². The third kappa shape index (κ3) is 5.05. The molecule has 0 radical (unpaired) electrons. The fraction of sp³-hybridized carbons (Fsp3) is 0.333. The number of benzene rings is 1. The summed E-state index contributed by atoms with van der Waals surface area (Å²) < 4.78 is 66.0. The van der Waals surface area contributed by atoms with Crippen LogP contribution in [0.4, 0.5) is 13.2 Å². The molecule has 1 saturated heterocycles. The second kappa shape index (κ2) is 8.81. The second-order valence-corrected chi connectivity index (χ2v) is 9.41. The normalized spacial score (nSPS) is 15.8. The third-order valence-corrected chi connectivity index (χ3v) is 7.61. The van der Waals surface area contributed by atoms with Crippen LogP contribution in [-0.2, 0) is 27.5 Å². The van der Waals surface area contributed by atoms with Crippen LogP contribution in [0.25, 0.3) is 0 Å². The minimum absolute atomic E-state index is 0.00393. The number of aromatic nitrogens is 1. The molecule has 3 rings (SSSR count). The Bertz CT molecular complexity index is 1160. The molecule has 2 aromatic rings. The molecule has 168 valence electrons. The Morgan fingerprint density at radius 2 is 1.68 bits per heavy atom. The van der Waals surface area contributed by atoms with Gasteiger partial charge in [0.25, 0.3) is 5.56 Å². The topological polar surface area (TPSA) is 79.7 Å². The molecule has 0 bridgehead atoms. The van der Waals surface area contributed by atoms with Crippen molar-refractivity contribution in [1.29, 1.82) is 0 Å². The van der Waals surface area contributed by atoms with Crippen LogP contribution in [-0.4, -0.2) is 54.3 Å². The summed E-state index contributed by atoms with van der Waals surface area (Å²) in [4.78, 5) is 25.4. The number of carbonyl (C=O) groups excluding carboxylic acids is 1. The first kappa shape index (κ1) is 23.6. The van der Waals surface area contributed by atoms with Gasteiger partial charge in [-0.3, -0.25) is 9.59 Å². The van der Waals surface area contributed by atoms with Crippen molar-refractivity contribution in [1.82, 2.24) is 13.8 Å². The number of carbonyl (C=O) groups is 1. The highest BCUT2D eigenvalue weighted by Gasteiger charge is 2.33. The lowest BCUT2D eigenvalue weighted by Gasteiger charge is -2.34.